The molecule has 2 aromatic rings. The molecular formula is C12H16N4O. The van der Waals surface area contributed by atoms with E-state index in [0.29, 0.717) is 13.0 Å². The fraction of sp³-hybridized carbons (Fsp3) is 0.333. The Kier molecular flexibility index (Phi) is 3.39. The highest BCUT2D eigenvalue weighted by atomic mass is 16.5. The van der Waals surface area contributed by atoms with E-state index in [1.807, 2.05) is 35.9 Å². The van der Waals surface area contributed by atoms with Gasteiger partial charge in [-0.05, 0) is 25.6 Å². The fourth-order valence-electron chi connectivity index (χ4n) is 1.70. The standard InChI is InChI=1S/C12H16N4O/c1-9-14-12(6-7-13)16(15-9)10-4-3-5-11(8-10)17-2/h3-5,8H,6-7,13H2,1-2H3. The summed E-state index contributed by atoms with van der Waals surface area (Å²) < 4.78 is 7.01. The van der Waals surface area contributed by atoms with E-state index < -0.39 is 0 Å². The number of ether oxygens (including phenoxy) is 1. The van der Waals surface area contributed by atoms with E-state index in [1.54, 1.807) is 7.11 Å². The van der Waals surface area contributed by atoms with E-state index in [2.05, 4.69) is 10.1 Å². The maximum atomic E-state index is 5.57. The van der Waals surface area contributed by atoms with Crippen molar-refractivity contribution in [2.75, 3.05) is 13.7 Å². The molecule has 0 saturated heterocycles. The van der Waals surface area contributed by atoms with Gasteiger partial charge in [0, 0.05) is 12.5 Å². The molecule has 0 aliphatic rings. The topological polar surface area (TPSA) is 66.0 Å². The van der Waals surface area contributed by atoms with E-state index in [1.165, 1.54) is 0 Å². The lowest BCUT2D eigenvalue weighted by Gasteiger charge is -2.06. The number of aromatic nitrogens is 3. The first-order chi connectivity index (χ1) is 8.24. The molecule has 1 heterocycles. The Morgan fingerprint density at radius 2 is 2.24 bits per heavy atom. The molecule has 1 aromatic heterocycles. The minimum Gasteiger partial charge on any atom is -0.497 e. The second-order valence-corrected chi connectivity index (χ2v) is 3.73. The number of benzene rings is 1. The molecule has 90 valence electrons. The third-order valence-corrected chi connectivity index (χ3v) is 2.45. The smallest absolute Gasteiger partial charge is 0.148 e. The Morgan fingerprint density at radius 3 is 2.94 bits per heavy atom. The molecule has 0 atom stereocenters. The van der Waals surface area contributed by atoms with Crippen LogP contribution in [0.1, 0.15) is 11.6 Å². The average molecular weight is 232 g/mol. The van der Waals surface area contributed by atoms with Crippen LogP contribution < -0.4 is 10.5 Å². The van der Waals surface area contributed by atoms with Gasteiger partial charge in [0.05, 0.1) is 12.8 Å². The summed E-state index contributed by atoms with van der Waals surface area (Å²) in [6, 6.07) is 7.72. The summed E-state index contributed by atoms with van der Waals surface area (Å²) in [5, 5.41) is 4.37. The van der Waals surface area contributed by atoms with Gasteiger partial charge in [0.15, 0.2) is 0 Å². The quantitative estimate of drug-likeness (QED) is 0.856. The number of methoxy groups -OCH3 is 1. The predicted molar refractivity (Wildman–Crippen MR) is 65.4 cm³/mol. The first-order valence-electron chi connectivity index (χ1n) is 5.51. The van der Waals surface area contributed by atoms with Gasteiger partial charge < -0.3 is 10.5 Å². The van der Waals surface area contributed by atoms with Crippen LogP contribution in [0.3, 0.4) is 0 Å². The normalized spacial score (nSPS) is 10.5. The molecule has 0 unspecified atom stereocenters. The van der Waals surface area contributed by atoms with E-state index in [9.17, 15) is 0 Å². The van der Waals surface area contributed by atoms with E-state index in [-0.39, 0.29) is 0 Å². The lowest BCUT2D eigenvalue weighted by Crippen LogP contribution is -2.09. The maximum absolute atomic E-state index is 5.57. The molecule has 0 saturated carbocycles. The Morgan fingerprint density at radius 1 is 1.41 bits per heavy atom. The van der Waals surface area contributed by atoms with E-state index in [4.69, 9.17) is 10.5 Å². The zero-order valence-corrected chi connectivity index (χ0v) is 10.1. The Hall–Kier alpha value is -1.88. The van der Waals surface area contributed by atoms with Crippen molar-refractivity contribution in [2.24, 2.45) is 5.73 Å². The second-order valence-electron chi connectivity index (χ2n) is 3.73. The molecule has 0 fully saturated rings. The van der Waals surface area contributed by atoms with Gasteiger partial charge >= 0.3 is 0 Å². The lowest BCUT2D eigenvalue weighted by molar-refractivity contribution is 0.414. The van der Waals surface area contributed by atoms with Crippen molar-refractivity contribution >= 4 is 0 Å². The van der Waals surface area contributed by atoms with Crippen molar-refractivity contribution in [3.8, 4) is 11.4 Å². The average Bonchev–Trinajstić information content (AvgIpc) is 2.71. The number of hydrogen-bond donors (Lipinski definition) is 1. The Balaban J connectivity index is 2.43. The molecule has 0 bridgehead atoms. The molecule has 17 heavy (non-hydrogen) atoms. The van der Waals surface area contributed by atoms with Gasteiger partial charge in [-0.25, -0.2) is 9.67 Å². The monoisotopic (exact) mass is 232 g/mol. The van der Waals surface area contributed by atoms with Gasteiger partial charge in [0.2, 0.25) is 0 Å². The minimum absolute atomic E-state index is 0.558. The minimum atomic E-state index is 0.558. The first-order valence-corrected chi connectivity index (χ1v) is 5.51. The van der Waals surface area contributed by atoms with Crippen LogP contribution in [-0.2, 0) is 6.42 Å². The van der Waals surface area contributed by atoms with Crippen molar-refractivity contribution < 1.29 is 4.74 Å². The number of nitrogens with two attached hydrogens (primary N) is 1. The predicted octanol–water partition coefficient (Wildman–Crippen LogP) is 1.09. The zero-order chi connectivity index (χ0) is 12.3. The van der Waals surface area contributed by atoms with Gasteiger partial charge in [-0.2, -0.15) is 5.10 Å². The molecule has 2 rings (SSSR count). The largest absolute Gasteiger partial charge is 0.497 e. The SMILES string of the molecule is COc1cccc(-n2nc(C)nc2CCN)c1. The molecule has 0 aliphatic carbocycles. The molecule has 5 nitrogen and oxygen atoms in total. The van der Waals surface area contributed by atoms with Crippen molar-refractivity contribution in [3.63, 3.8) is 0 Å². The highest BCUT2D eigenvalue weighted by Crippen LogP contribution is 2.17. The maximum Gasteiger partial charge on any atom is 0.148 e. The summed E-state index contributed by atoms with van der Waals surface area (Å²) in [5.74, 6) is 2.42. The van der Waals surface area contributed by atoms with Crippen LogP contribution in [0.15, 0.2) is 24.3 Å². The van der Waals surface area contributed by atoms with Gasteiger partial charge in [-0.15, -0.1) is 0 Å². The number of aryl methyl sites for hydroxylation is 1. The van der Waals surface area contributed by atoms with Crippen molar-refractivity contribution in [3.05, 3.63) is 35.9 Å². The molecule has 0 spiro atoms. The number of nitrogens with zero attached hydrogens (tertiary/aromatic N) is 3. The van der Waals surface area contributed by atoms with Crippen LogP contribution >= 0.6 is 0 Å². The second kappa shape index (κ2) is 4.97. The summed E-state index contributed by atoms with van der Waals surface area (Å²) >= 11 is 0. The number of rotatable bonds is 4. The highest BCUT2D eigenvalue weighted by Gasteiger charge is 2.08. The molecule has 0 radical (unpaired) electrons. The van der Waals surface area contributed by atoms with Gasteiger partial charge in [0.25, 0.3) is 0 Å². The summed E-state index contributed by atoms with van der Waals surface area (Å²) in [5.41, 5.74) is 6.51. The van der Waals surface area contributed by atoms with Crippen molar-refractivity contribution in [1.82, 2.24) is 14.8 Å². The Bertz CT molecular complexity index is 507. The molecule has 0 amide bonds. The van der Waals surface area contributed by atoms with Crippen LogP contribution in [0.2, 0.25) is 0 Å². The van der Waals surface area contributed by atoms with Crippen LogP contribution in [0.4, 0.5) is 0 Å². The van der Waals surface area contributed by atoms with Crippen molar-refractivity contribution in [2.45, 2.75) is 13.3 Å². The first kappa shape index (κ1) is 11.6. The third-order valence-electron chi connectivity index (χ3n) is 2.45. The van der Waals surface area contributed by atoms with Crippen LogP contribution in [0.5, 0.6) is 5.75 Å². The van der Waals surface area contributed by atoms with E-state index >= 15 is 0 Å². The van der Waals surface area contributed by atoms with Crippen molar-refractivity contribution in [1.29, 1.82) is 0 Å². The van der Waals surface area contributed by atoms with Gasteiger partial charge in [-0.1, -0.05) is 6.07 Å². The van der Waals surface area contributed by atoms with Crippen LogP contribution in [0.25, 0.3) is 5.69 Å². The molecule has 0 aliphatic heterocycles. The highest BCUT2D eigenvalue weighted by molar-refractivity contribution is 5.39. The molecular weight excluding hydrogens is 216 g/mol. The van der Waals surface area contributed by atoms with Crippen LogP contribution in [-0.4, -0.2) is 28.4 Å². The van der Waals surface area contributed by atoms with Gasteiger partial charge in [-0.3, -0.25) is 0 Å². The summed E-state index contributed by atoms with van der Waals surface area (Å²) in [4.78, 5) is 4.36. The summed E-state index contributed by atoms with van der Waals surface area (Å²) in [7, 11) is 1.65. The Labute approximate surface area is 100 Å². The van der Waals surface area contributed by atoms with E-state index in [0.717, 1.165) is 23.1 Å². The van der Waals surface area contributed by atoms with Crippen LogP contribution in [0, 0.1) is 6.92 Å². The summed E-state index contributed by atoms with van der Waals surface area (Å²) in [6.07, 6.45) is 0.706. The third kappa shape index (κ3) is 2.45. The summed E-state index contributed by atoms with van der Waals surface area (Å²) in [6.45, 7) is 2.43. The lowest BCUT2D eigenvalue weighted by atomic mass is 10.3. The number of hydrogen-bond acceptors (Lipinski definition) is 4. The zero-order valence-electron chi connectivity index (χ0n) is 10.1. The molecule has 5 heteroatoms. The molecule has 1 aromatic carbocycles. The molecule has 2 N–H and O–H groups in total. The fourth-order valence-corrected chi connectivity index (χ4v) is 1.70. The van der Waals surface area contributed by atoms with Gasteiger partial charge in [0.1, 0.15) is 17.4 Å².